The molecule has 5 N–H and O–H groups in total. The molecule has 1 saturated heterocycles. The molecule has 3 heterocycles. The van der Waals surface area contributed by atoms with Crippen LogP contribution in [0.5, 0.6) is 5.75 Å². The third-order valence-electron chi connectivity index (χ3n) is 6.18. The maximum Gasteiger partial charge on any atom is 0.362 e. The number of nitrogen functional groups attached to an aromatic ring is 1. The van der Waals surface area contributed by atoms with E-state index in [9.17, 15) is 18.0 Å². The van der Waals surface area contributed by atoms with Gasteiger partial charge in [0.15, 0.2) is 23.2 Å². The lowest BCUT2D eigenvalue weighted by Gasteiger charge is -2.41. The van der Waals surface area contributed by atoms with E-state index in [4.69, 9.17) is 25.6 Å². The van der Waals surface area contributed by atoms with Crippen molar-refractivity contribution in [3.8, 4) is 16.9 Å². The molecule has 4 rings (SSSR count). The van der Waals surface area contributed by atoms with Crippen LogP contribution in [0.3, 0.4) is 0 Å². The number of ketones is 1. The lowest BCUT2D eigenvalue weighted by atomic mass is 9.86. The minimum absolute atomic E-state index is 0.00135. The van der Waals surface area contributed by atoms with Crippen molar-refractivity contribution < 1.29 is 32.1 Å². The Bertz CT molecular complexity index is 1480. The minimum atomic E-state index is -4.70. The van der Waals surface area contributed by atoms with Crippen molar-refractivity contribution in [1.29, 1.82) is 0 Å². The van der Waals surface area contributed by atoms with E-state index < -0.39 is 34.0 Å². The number of ether oxygens (including phenoxy) is 1. The van der Waals surface area contributed by atoms with E-state index >= 15 is 0 Å². The number of benzene rings is 1. The van der Waals surface area contributed by atoms with Crippen LogP contribution in [-0.2, 0) is 31.3 Å². The van der Waals surface area contributed by atoms with Gasteiger partial charge in [-0.2, -0.15) is 13.5 Å². The molecule has 2 atom stereocenters. The van der Waals surface area contributed by atoms with E-state index in [1.165, 1.54) is 12.3 Å². The van der Waals surface area contributed by atoms with Crippen molar-refractivity contribution in [1.82, 2.24) is 19.1 Å². The molecule has 1 aromatic carbocycles. The zero-order chi connectivity index (χ0) is 28.9. The predicted molar refractivity (Wildman–Crippen MR) is 147 cm³/mol. The molecule has 3 aromatic rings. The molecule has 1 aliphatic rings. The normalized spacial score (nSPS) is 17.5. The Balaban J connectivity index is 1.32. The highest BCUT2D eigenvalue weighted by molar-refractivity contribution is 7.84. The fourth-order valence-electron chi connectivity index (χ4n) is 4.11. The molecule has 40 heavy (non-hydrogen) atoms. The molecule has 0 unspecified atom stereocenters. The highest BCUT2D eigenvalue weighted by atomic mass is 32.2. The van der Waals surface area contributed by atoms with Gasteiger partial charge in [0.1, 0.15) is 18.1 Å². The number of carbonyl (C=O) groups excluding carboxylic acids is 2. The Kier molecular flexibility index (Phi) is 9.14. The van der Waals surface area contributed by atoms with Crippen molar-refractivity contribution in [2.75, 3.05) is 25.5 Å². The van der Waals surface area contributed by atoms with Crippen molar-refractivity contribution in [2.45, 2.75) is 32.4 Å². The number of thiazole rings is 1. The molecule has 0 radical (unpaired) electrons. The Labute approximate surface area is 234 Å². The first-order valence-corrected chi connectivity index (χ1v) is 14.6. The Morgan fingerprint density at radius 1 is 1.23 bits per heavy atom. The van der Waals surface area contributed by atoms with Crippen LogP contribution in [0, 0.1) is 5.92 Å². The van der Waals surface area contributed by atoms with Crippen LogP contribution >= 0.6 is 11.3 Å². The van der Waals surface area contributed by atoms with Crippen molar-refractivity contribution in [3.63, 3.8) is 0 Å². The second-order valence-corrected chi connectivity index (χ2v) is 11.1. The summed E-state index contributed by atoms with van der Waals surface area (Å²) < 4.78 is 39.7. The molecule has 214 valence electrons. The number of anilines is 1. The summed E-state index contributed by atoms with van der Waals surface area (Å²) in [4.78, 5) is 34.5. The van der Waals surface area contributed by atoms with Gasteiger partial charge in [-0.05, 0) is 37.6 Å². The second kappa shape index (κ2) is 12.5. The smallest absolute Gasteiger partial charge is 0.362 e. The molecule has 0 bridgehead atoms. The van der Waals surface area contributed by atoms with Crippen LogP contribution in [0.2, 0.25) is 0 Å². The van der Waals surface area contributed by atoms with Gasteiger partial charge in [-0.15, -0.1) is 11.3 Å². The van der Waals surface area contributed by atoms with Crippen LogP contribution in [0.4, 0.5) is 5.13 Å². The van der Waals surface area contributed by atoms with E-state index in [1.54, 1.807) is 6.20 Å². The number of hydrogen-bond donors (Lipinski definition) is 3. The first-order chi connectivity index (χ1) is 19.1. The molecular weight excluding hydrogens is 562 g/mol. The van der Waals surface area contributed by atoms with Crippen molar-refractivity contribution >= 4 is 44.2 Å². The average molecular weight is 592 g/mol. The van der Waals surface area contributed by atoms with Crippen LogP contribution in [-0.4, -0.2) is 75.2 Å². The number of nitrogens with two attached hydrogens (primary N) is 2. The Hall–Kier alpha value is -3.86. The summed E-state index contributed by atoms with van der Waals surface area (Å²) in [5.74, 6) is -1.80. The van der Waals surface area contributed by atoms with E-state index in [-0.39, 0.29) is 36.2 Å². The summed E-state index contributed by atoms with van der Waals surface area (Å²) in [5, 5.41) is 9.97. The number of amides is 1. The summed E-state index contributed by atoms with van der Waals surface area (Å²) in [7, 11) is -4.70. The van der Waals surface area contributed by atoms with Gasteiger partial charge in [0.2, 0.25) is 5.91 Å². The number of Topliss-reactive ketones (excluding diaryl/α,β-unsaturated/α-hetero) is 1. The monoisotopic (exact) mass is 591 g/mol. The van der Waals surface area contributed by atoms with Crippen LogP contribution < -0.4 is 16.2 Å². The van der Waals surface area contributed by atoms with Crippen molar-refractivity contribution in [3.05, 3.63) is 47.7 Å². The number of carbonyl (C=O) groups is 2. The average Bonchev–Trinajstić information content (AvgIpc) is 3.56. The number of aryl methyl sites for hydroxylation is 1. The first-order valence-electron chi connectivity index (χ1n) is 12.3. The highest BCUT2D eigenvalue weighted by Gasteiger charge is 2.51. The summed E-state index contributed by atoms with van der Waals surface area (Å²) in [6.07, 6.45) is 4.25. The lowest BCUT2D eigenvalue weighted by Crippen LogP contribution is -2.62. The van der Waals surface area contributed by atoms with Gasteiger partial charge in [-0.25, -0.2) is 9.29 Å². The minimum Gasteiger partial charge on any atom is -0.490 e. The first kappa shape index (κ1) is 29.1. The van der Waals surface area contributed by atoms with E-state index in [0.29, 0.717) is 16.6 Å². The Morgan fingerprint density at radius 3 is 2.60 bits per heavy atom. The van der Waals surface area contributed by atoms with E-state index in [1.807, 2.05) is 35.1 Å². The third kappa shape index (κ3) is 6.82. The summed E-state index contributed by atoms with van der Waals surface area (Å²) in [6, 6.07) is 6.56. The zero-order valence-electron chi connectivity index (χ0n) is 21.5. The van der Waals surface area contributed by atoms with E-state index in [2.05, 4.69) is 15.2 Å². The van der Waals surface area contributed by atoms with E-state index in [0.717, 1.165) is 35.4 Å². The maximum atomic E-state index is 13.0. The summed E-state index contributed by atoms with van der Waals surface area (Å²) in [5.41, 5.74) is 13.2. The molecule has 0 spiro atoms. The van der Waals surface area contributed by atoms with Gasteiger partial charge in [0.05, 0.1) is 18.2 Å². The number of aromatic nitrogens is 3. The standard InChI is InChI=1S/C24H29N7O7S2/c1-15-19(23(33)31(15)40(34,35)36)11-21(32)22(20-14-39-24(26)28-20)29-38-10-9-37-18-5-3-16(4-6-18)17-12-27-30(13-17)8-2-7-25/h3-6,12-15,19H,2,7-11,25H2,1H3,(H2,26,28)(H,34,35,36)/b29-22-/t15-,19-/m0/s1. The van der Waals surface area contributed by atoms with Crippen molar-refractivity contribution in [2.24, 2.45) is 16.8 Å². The molecule has 0 aliphatic carbocycles. The number of hydrogen-bond acceptors (Lipinski definition) is 12. The van der Waals surface area contributed by atoms with Crippen LogP contribution in [0.15, 0.2) is 47.2 Å². The van der Waals surface area contributed by atoms with Gasteiger partial charge < -0.3 is 21.0 Å². The predicted octanol–water partition coefficient (Wildman–Crippen LogP) is 1.35. The number of rotatable bonds is 14. The van der Waals surface area contributed by atoms with Crippen LogP contribution in [0.25, 0.3) is 11.1 Å². The van der Waals surface area contributed by atoms with Gasteiger partial charge >= 0.3 is 10.3 Å². The number of nitrogens with zero attached hydrogens (tertiary/aromatic N) is 5. The summed E-state index contributed by atoms with van der Waals surface area (Å²) in [6.45, 7) is 2.91. The molecule has 14 nitrogen and oxygen atoms in total. The lowest BCUT2D eigenvalue weighted by molar-refractivity contribution is -0.147. The van der Waals surface area contributed by atoms with Gasteiger partial charge in [0, 0.05) is 30.1 Å². The number of oxime groups is 1. The fourth-order valence-corrected chi connectivity index (χ4v) is 5.58. The maximum absolute atomic E-state index is 13.0. The molecule has 16 heteroatoms. The number of β-lactam (4-membered cyclic amide) rings is 1. The zero-order valence-corrected chi connectivity index (χ0v) is 23.2. The molecule has 1 fully saturated rings. The Morgan fingerprint density at radius 2 is 1.98 bits per heavy atom. The van der Waals surface area contributed by atoms with Crippen LogP contribution in [0.1, 0.15) is 25.5 Å². The second-order valence-electron chi connectivity index (χ2n) is 8.94. The third-order valence-corrected chi connectivity index (χ3v) is 7.86. The van der Waals surface area contributed by atoms with Gasteiger partial charge in [-0.3, -0.25) is 18.8 Å². The molecule has 0 saturated carbocycles. The fraction of sp³-hybridized carbons (Fsp3) is 0.375. The topological polar surface area (TPSA) is 205 Å². The van der Waals surface area contributed by atoms with Gasteiger partial charge in [0.25, 0.3) is 0 Å². The summed E-state index contributed by atoms with van der Waals surface area (Å²) >= 11 is 1.09. The SMILES string of the molecule is C[C@H]1[C@H](CC(=O)/C(=N\OCCOc2ccc(-c3cnn(CCCN)c3)cc2)c2csc(N)n2)C(=O)N1S(=O)(=O)O. The highest BCUT2D eigenvalue weighted by Crippen LogP contribution is 2.32. The molecule has 2 aromatic heterocycles. The quantitative estimate of drug-likeness (QED) is 0.0802. The van der Waals surface area contributed by atoms with Gasteiger partial charge in [-0.1, -0.05) is 17.3 Å². The molecular formula is C24H29N7O7S2. The molecule has 1 aliphatic heterocycles. The molecule has 1 amide bonds. The largest absolute Gasteiger partial charge is 0.490 e.